The highest BCUT2D eigenvalue weighted by molar-refractivity contribution is 9.11. The van der Waals surface area contributed by atoms with Gasteiger partial charge in [-0.1, -0.05) is 12.1 Å². The minimum atomic E-state index is -0.707. The highest BCUT2D eigenvalue weighted by atomic mass is 79.9. The molecule has 0 saturated heterocycles. The number of nitrogens with zero attached hydrogens (tertiary/aromatic N) is 1. The Hall–Kier alpha value is -1.86. The molecule has 1 aromatic heterocycles. The second kappa shape index (κ2) is 6.50. The first-order valence-electron chi connectivity index (χ1n) is 6.62. The number of carbonyl (C=O) groups is 1. The maximum absolute atomic E-state index is 12.1. The Labute approximate surface area is 140 Å². The summed E-state index contributed by atoms with van der Waals surface area (Å²) in [4.78, 5) is 13.1. The van der Waals surface area contributed by atoms with E-state index in [1.807, 2.05) is 31.2 Å². The van der Waals surface area contributed by atoms with E-state index in [0.29, 0.717) is 11.5 Å². The van der Waals surface area contributed by atoms with Gasteiger partial charge < -0.3 is 9.47 Å². The van der Waals surface area contributed by atoms with Gasteiger partial charge in [-0.3, -0.25) is 4.79 Å². The van der Waals surface area contributed by atoms with Crippen molar-refractivity contribution in [3.05, 3.63) is 45.1 Å². The smallest absolute Gasteiger partial charge is 0.284 e. The van der Waals surface area contributed by atoms with Crippen molar-refractivity contribution in [2.45, 2.75) is 13.0 Å². The molecule has 0 aliphatic carbocycles. The number of benzene rings is 1. The van der Waals surface area contributed by atoms with Crippen LogP contribution >= 0.6 is 27.3 Å². The number of ether oxygens (including phenoxy) is 2. The highest BCUT2D eigenvalue weighted by Gasteiger charge is 2.27. The Morgan fingerprint density at radius 2 is 2.09 bits per heavy atom. The second-order valence-corrected chi connectivity index (χ2v) is 7.10. The maximum atomic E-state index is 12.1. The first-order valence-corrected chi connectivity index (χ1v) is 8.23. The number of thiophene rings is 1. The molecule has 0 spiro atoms. The molecule has 1 unspecified atom stereocenters. The lowest BCUT2D eigenvalue weighted by Gasteiger charge is -2.24. The van der Waals surface area contributed by atoms with Crippen LogP contribution in [0.2, 0.25) is 0 Å². The molecule has 0 radical (unpaired) electrons. The zero-order chi connectivity index (χ0) is 15.5. The summed E-state index contributed by atoms with van der Waals surface area (Å²) in [6, 6.07) is 11.1. The summed E-state index contributed by atoms with van der Waals surface area (Å²) in [6.45, 7) is 2.01. The molecule has 114 valence electrons. The second-order valence-electron chi connectivity index (χ2n) is 4.64. The number of hydrogen-bond acceptors (Lipinski definition) is 5. The lowest BCUT2D eigenvalue weighted by atomic mass is 10.2. The van der Waals surface area contributed by atoms with Gasteiger partial charge in [-0.15, -0.1) is 11.3 Å². The van der Waals surface area contributed by atoms with Crippen LogP contribution in [0.25, 0.3) is 0 Å². The Bertz CT molecular complexity index is 729. The van der Waals surface area contributed by atoms with Gasteiger partial charge in [0.05, 0.1) is 14.4 Å². The fourth-order valence-corrected chi connectivity index (χ4v) is 3.25. The zero-order valence-electron chi connectivity index (χ0n) is 11.7. The third-order valence-corrected chi connectivity index (χ3v) is 4.80. The fourth-order valence-electron chi connectivity index (χ4n) is 1.92. The summed E-state index contributed by atoms with van der Waals surface area (Å²) in [5.74, 6) is 0.885. The van der Waals surface area contributed by atoms with Crippen LogP contribution in [0.15, 0.2) is 45.3 Å². The van der Waals surface area contributed by atoms with Crippen molar-refractivity contribution < 1.29 is 14.3 Å². The molecule has 2 heterocycles. The summed E-state index contributed by atoms with van der Waals surface area (Å²) < 4.78 is 12.2. The lowest BCUT2D eigenvalue weighted by molar-refractivity contribution is -0.130. The van der Waals surface area contributed by atoms with Gasteiger partial charge >= 0.3 is 0 Å². The van der Waals surface area contributed by atoms with E-state index in [4.69, 9.17) is 9.47 Å². The van der Waals surface area contributed by atoms with Gasteiger partial charge in [-0.05, 0) is 47.1 Å². The molecule has 1 atom stereocenters. The molecule has 0 fully saturated rings. The summed E-state index contributed by atoms with van der Waals surface area (Å²) in [7, 11) is 0. The third-order valence-electron chi connectivity index (χ3n) is 3.06. The molecule has 0 bridgehead atoms. The van der Waals surface area contributed by atoms with E-state index in [1.165, 1.54) is 0 Å². The molecule has 1 aliphatic rings. The van der Waals surface area contributed by atoms with Crippen molar-refractivity contribution in [3.63, 3.8) is 0 Å². The van der Waals surface area contributed by atoms with Crippen molar-refractivity contribution in [2.75, 3.05) is 6.61 Å². The van der Waals surface area contributed by atoms with E-state index < -0.39 is 6.10 Å². The number of nitrogens with one attached hydrogen (secondary N) is 1. The zero-order valence-corrected chi connectivity index (χ0v) is 14.1. The van der Waals surface area contributed by atoms with Crippen molar-refractivity contribution >= 4 is 38.9 Å². The summed E-state index contributed by atoms with van der Waals surface area (Å²) in [5, 5.41) is 4.11. The largest absolute Gasteiger partial charge is 0.485 e. The molecular weight excluding hydrogens is 368 g/mol. The molecule has 22 heavy (non-hydrogen) atoms. The topological polar surface area (TPSA) is 59.9 Å². The van der Waals surface area contributed by atoms with E-state index in [0.717, 1.165) is 14.4 Å². The van der Waals surface area contributed by atoms with Crippen molar-refractivity contribution in [2.24, 2.45) is 5.10 Å². The SMILES string of the molecule is CC(=NNC(=O)C1COc2ccccc2O1)c1ccc(Br)s1. The number of halogens is 1. The maximum Gasteiger partial charge on any atom is 0.284 e. The monoisotopic (exact) mass is 380 g/mol. The standard InChI is InChI=1S/C15H13BrN2O3S/c1-9(13-6-7-14(16)22-13)17-18-15(19)12-8-20-10-4-2-3-5-11(10)21-12/h2-7,12H,8H2,1H3,(H,18,19). The summed E-state index contributed by atoms with van der Waals surface area (Å²) in [6.07, 6.45) is -0.707. The molecule has 1 aliphatic heterocycles. The van der Waals surface area contributed by atoms with E-state index in [2.05, 4.69) is 26.5 Å². The van der Waals surface area contributed by atoms with Crippen LogP contribution in [-0.2, 0) is 4.79 Å². The van der Waals surface area contributed by atoms with Crippen molar-refractivity contribution in [1.29, 1.82) is 0 Å². The quantitative estimate of drug-likeness (QED) is 0.656. The molecule has 7 heteroatoms. The molecule has 2 aromatic rings. The van der Waals surface area contributed by atoms with Crippen LogP contribution in [0.4, 0.5) is 0 Å². The Morgan fingerprint density at radius 1 is 1.32 bits per heavy atom. The van der Waals surface area contributed by atoms with E-state index >= 15 is 0 Å². The van der Waals surface area contributed by atoms with Crippen molar-refractivity contribution in [1.82, 2.24) is 5.43 Å². The van der Waals surface area contributed by atoms with Gasteiger partial charge in [0.2, 0.25) is 6.10 Å². The average molecular weight is 381 g/mol. The van der Waals surface area contributed by atoms with Crippen LogP contribution < -0.4 is 14.9 Å². The van der Waals surface area contributed by atoms with Gasteiger partial charge in [0, 0.05) is 0 Å². The third kappa shape index (κ3) is 3.31. The van der Waals surface area contributed by atoms with Gasteiger partial charge in [0.25, 0.3) is 5.91 Å². The number of carbonyl (C=O) groups excluding carboxylic acids is 1. The van der Waals surface area contributed by atoms with Crippen LogP contribution in [0.1, 0.15) is 11.8 Å². The van der Waals surface area contributed by atoms with E-state index in [9.17, 15) is 4.79 Å². The van der Waals surface area contributed by atoms with Crippen LogP contribution in [0, 0.1) is 0 Å². The molecule has 3 rings (SSSR count). The number of hydrazone groups is 1. The molecule has 1 N–H and O–H groups in total. The van der Waals surface area contributed by atoms with Gasteiger partial charge in [0.1, 0.15) is 6.61 Å². The van der Waals surface area contributed by atoms with Crippen LogP contribution in [-0.4, -0.2) is 24.3 Å². The number of rotatable bonds is 3. The number of para-hydroxylation sites is 2. The van der Waals surface area contributed by atoms with Gasteiger partial charge in [0.15, 0.2) is 11.5 Å². The predicted octanol–water partition coefficient (Wildman–Crippen LogP) is 3.19. The van der Waals surface area contributed by atoms with Crippen LogP contribution in [0.5, 0.6) is 11.5 Å². The Kier molecular flexibility index (Phi) is 4.44. The minimum absolute atomic E-state index is 0.169. The minimum Gasteiger partial charge on any atom is -0.485 e. The summed E-state index contributed by atoms with van der Waals surface area (Å²) >= 11 is 4.95. The number of hydrogen-bond donors (Lipinski definition) is 1. The Morgan fingerprint density at radius 3 is 2.82 bits per heavy atom. The molecular formula is C15H13BrN2O3S. The molecule has 0 saturated carbocycles. The first-order chi connectivity index (χ1) is 10.6. The molecule has 1 amide bonds. The number of amides is 1. The fraction of sp³-hybridized carbons (Fsp3) is 0.200. The van der Waals surface area contributed by atoms with E-state index in [-0.39, 0.29) is 12.5 Å². The molecule has 1 aromatic carbocycles. The highest BCUT2D eigenvalue weighted by Crippen LogP contribution is 2.30. The lowest BCUT2D eigenvalue weighted by Crippen LogP contribution is -2.42. The molecule has 5 nitrogen and oxygen atoms in total. The van der Waals surface area contributed by atoms with Gasteiger partial charge in [-0.2, -0.15) is 5.10 Å². The Balaban J connectivity index is 1.63. The first kappa shape index (κ1) is 15.1. The summed E-state index contributed by atoms with van der Waals surface area (Å²) in [5.41, 5.74) is 3.26. The number of fused-ring (bicyclic) bond motifs is 1. The normalized spacial score (nSPS) is 17.2. The predicted molar refractivity (Wildman–Crippen MR) is 88.7 cm³/mol. The van der Waals surface area contributed by atoms with Gasteiger partial charge in [-0.25, -0.2) is 5.43 Å². The van der Waals surface area contributed by atoms with Crippen molar-refractivity contribution in [3.8, 4) is 11.5 Å². The average Bonchev–Trinajstić information content (AvgIpc) is 2.98. The van der Waals surface area contributed by atoms with E-state index in [1.54, 1.807) is 23.5 Å². The van der Waals surface area contributed by atoms with Crippen LogP contribution in [0.3, 0.4) is 0 Å².